The van der Waals surface area contributed by atoms with Crippen molar-refractivity contribution in [3.05, 3.63) is 93.2 Å². The van der Waals surface area contributed by atoms with Crippen molar-refractivity contribution in [2.45, 2.75) is 88.8 Å². The minimum absolute atomic E-state index is 0.0313. The molecule has 0 spiro atoms. The van der Waals surface area contributed by atoms with Crippen LogP contribution in [-0.4, -0.2) is 113 Å². The predicted molar refractivity (Wildman–Crippen MR) is 215 cm³/mol. The highest BCUT2D eigenvalue weighted by atomic mass is 19.3. The molecule has 10 nitrogen and oxygen atoms in total. The van der Waals surface area contributed by atoms with E-state index in [1.54, 1.807) is 4.90 Å². The number of benzene rings is 2. The number of fused-ring (bicyclic) bond motifs is 4. The van der Waals surface area contributed by atoms with Gasteiger partial charge in [0.2, 0.25) is 17.7 Å². The molecule has 5 aliphatic heterocycles. The van der Waals surface area contributed by atoms with E-state index in [0.29, 0.717) is 41.5 Å². The van der Waals surface area contributed by atoms with Crippen molar-refractivity contribution >= 4 is 34.5 Å². The van der Waals surface area contributed by atoms with Crippen LogP contribution in [0.25, 0.3) is 10.9 Å². The Morgan fingerprint density at radius 2 is 1.60 bits per heavy atom. The smallest absolute Gasteiger partial charge is 0.257 e. The van der Waals surface area contributed by atoms with Crippen LogP contribution in [0.15, 0.2) is 59.2 Å². The number of hydrogen-bond donors (Lipinski definition) is 2. The topological polar surface area (TPSA) is 109 Å². The van der Waals surface area contributed by atoms with E-state index in [-0.39, 0.29) is 42.2 Å². The summed E-state index contributed by atoms with van der Waals surface area (Å²) in [7, 11) is 0. The van der Waals surface area contributed by atoms with Gasteiger partial charge < -0.3 is 9.88 Å². The Balaban J connectivity index is 0.721. The highest BCUT2D eigenvalue weighted by molar-refractivity contribution is 6.18. The van der Waals surface area contributed by atoms with Crippen LogP contribution in [0.2, 0.25) is 0 Å². The van der Waals surface area contributed by atoms with E-state index in [4.69, 9.17) is 0 Å². The number of carbonyl (C=O) groups excluding carboxylic acids is 4. The minimum atomic E-state index is -2.65. The standard InChI is InChI=1S/C46H50F4N6O4/c1-24-12-32-31-4-2-3-5-37(31)51-42(32)43(55(24)23-39(49)50)41-35(47)15-28(16-36(41)48)27-8-6-25(7-9-27)17-53-18-26(19-53)20-54-21-29-13-33-34(14-30(29)22-54)46(60)56(45(33)59)38-10-11-40(57)52-44(38)58/h2-5,13,15-16,24-27,34,38-39,43,51H,6-12,14,17-23H2,1H3,(H,52,57,58)/t24-,25?,27?,34?,38?,43-/m1/s1. The summed E-state index contributed by atoms with van der Waals surface area (Å²) in [6, 6.07) is 8.29. The molecular formula is C46H50F4N6O4. The normalized spacial score (nSPS) is 29.3. The molecule has 6 heterocycles. The van der Waals surface area contributed by atoms with E-state index < -0.39 is 54.4 Å². The van der Waals surface area contributed by atoms with Gasteiger partial charge >= 0.3 is 0 Å². The molecule has 60 heavy (non-hydrogen) atoms. The lowest BCUT2D eigenvalue weighted by atomic mass is 9.77. The zero-order chi connectivity index (χ0) is 41.6. The highest BCUT2D eigenvalue weighted by Crippen LogP contribution is 2.45. The van der Waals surface area contributed by atoms with Crippen LogP contribution >= 0.6 is 0 Å². The average Bonchev–Trinajstić information content (AvgIpc) is 3.84. The molecule has 2 aromatic carbocycles. The van der Waals surface area contributed by atoms with Crippen molar-refractivity contribution in [2.24, 2.45) is 17.8 Å². The second kappa shape index (κ2) is 15.4. The van der Waals surface area contributed by atoms with Crippen LogP contribution in [0.1, 0.15) is 86.2 Å². The van der Waals surface area contributed by atoms with Gasteiger partial charge in [0.15, 0.2) is 0 Å². The second-order valence-electron chi connectivity index (χ2n) is 18.4. The van der Waals surface area contributed by atoms with Gasteiger partial charge in [0, 0.05) is 79.5 Å². The zero-order valence-electron chi connectivity index (χ0n) is 33.7. The van der Waals surface area contributed by atoms with Gasteiger partial charge in [-0.2, -0.15) is 0 Å². The van der Waals surface area contributed by atoms with Crippen LogP contribution in [0.3, 0.4) is 0 Å². The molecule has 4 fully saturated rings. The molecule has 4 amide bonds. The number of aromatic nitrogens is 1. The Labute approximate surface area is 346 Å². The third-order valence-corrected chi connectivity index (χ3v) is 14.6. The fraction of sp³-hybridized carbons (Fsp3) is 0.522. The fourth-order valence-electron chi connectivity index (χ4n) is 11.7. The number of nitrogens with one attached hydrogen (secondary N) is 2. The monoisotopic (exact) mass is 826 g/mol. The van der Waals surface area contributed by atoms with E-state index >= 15 is 8.78 Å². The number of alkyl halides is 2. The van der Waals surface area contributed by atoms with E-state index in [0.717, 1.165) is 91.9 Å². The van der Waals surface area contributed by atoms with Crippen molar-refractivity contribution in [3.63, 3.8) is 0 Å². The predicted octanol–water partition coefficient (Wildman–Crippen LogP) is 5.99. The summed E-state index contributed by atoms with van der Waals surface area (Å²) >= 11 is 0. The first-order valence-electron chi connectivity index (χ1n) is 21.6. The van der Waals surface area contributed by atoms with Gasteiger partial charge in [-0.15, -0.1) is 0 Å². The van der Waals surface area contributed by atoms with Crippen LogP contribution in [0.5, 0.6) is 0 Å². The molecule has 10 rings (SSSR count). The quantitative estimate of drug-likeness (QED) is 0.202. The van der Waals surface area contributed by atoms with Gasteiger partial charge in [-0.25, -0.2) is 17.6 Å². The summed E-state index contributed by atoms with van der Waals surface area (Å²) in [4.78, 5) is 61.7. The number of aromatic amines is 1. The summed E-state index contributed by atoms with van der Waals surface area (Å²) in [6.07, 6.45) is 4.08. The van der Waals surface area contributed by atoms with E-state index in [1.807, 2.05) is 37.3 Å². The van der Waals surface area contributed by atoms with Gasteiger partial charge in [-0.1, -0.05) is 23.8 Å². The van der Waals surface area contributed by atoms with Crippen molar-refractivity contribution in [1.82, 2.24) is 29.9 Å². The van der Waals surface area contributed by atoms with Crippen molar-refractivity contribution in [1.29, 1.82) is 0 Å². The van der Waals surface area contributed by atoms with E-state index in [1.165, 1.54) is 17.7 Å². The second-order valence-corrected chi connectivity index (χ2v) is 18.4. The lowest BCUT2D eigenvalue weighted by Gasteiger charge is -2.44. The first kappa shape index (κ1) is 39.5. The van der Waals surface area contributed by atoms with Gasteiger partial charge in [-0.05, 0) is 111 Å². The minimum Gasteiger partial charge on any atom is -0.357 e. The molecule has 2 unspecified atom stereocenters. The molecule has 0 radical (unpaired) electrons. The number of piperidine rings is 1. The summed E-state index contributed by atoms with van der Waals surface area (Å²) in [5, 5.41) is 3.21. The Morgan fingerprint density at radius 1 is 0.867 bits per heavy atom. The summed E-state index contributed by atoms with van der Waals surface area (Å²) < 4.78 is 60.3. The van der Waals surface area contributed by atoms with Crippen molar-refractivity contribution in [3.8, 4) is 0 Å². The number of para-hydroxylation sites is 1. The van der Waals surface area contributed by atoms with Crippen molar-refractivity contribution < 1.29 is 36.7 Å². The average molecular weight is 827 g/mol. The fourth-order valence-corrected chi connectivity index (χ4v) is 11.7. The van der Waals surface area contributed by atoms with Gasteiger partial charge in [-0.3, -0.25) is 39.2 Å². The SMILES string of the molecule is C[C@@H]1Cc2c([nH]c3ccccc23)[C@@H](c2c(F)cc(C3CCC(CN4CC(CN5CC6=C(CC7C(=O)N(C8CCC(=O)NC8=O)C(=O)C7=C6)C5)C4)CC3)cc2F)N1CC(F)F. The molecule has 1 saturated carbocycles. The van der Waals surface area contributed by atoms with Gasteiger partial charge in [0.25, 0.3) is 12.3 Å². The molecule has 7 aliphatic rings. The molecular weight excluding hydrogens is 777 g/mol. The van der Waals surface area contributed by atoms with Crippen LogP contribution in [0, 0.1) is 29.4 Å². The number of likely N-dealkylation sites (tertiary alicyclic amines) is 2. The molecule has 0 bridgehead atoms. The van der Waals surface area contributed by atoms with Crippen molar-refractivity contribution in [2.75, 3.05) is 45.8 Å². The molecule has 2 N–H and O–H groups in total. The Morgan fingerprint density at radius 3 is 2.33 bits per heavy atom. The lowest BCUT2D eigenvalue weighted by molar-refractivity contribution is -0.150. The van der Waals surface area contributed by atoms with E-state index in [2.05, 4.69) is 20.1 Å². The maximum Gasteiger partial charge on any atom is 0.257 e. The maximum absolute atomic E-state index is 16.3. The largest absolute Gasteiger partial charge is 0.357 e. The highest BCUT2D eigenvalue weighted by Gasteiger charge is 2.51. The van der Waals surface area contributed by atoms with Gasteiger partial charge in [0.1, 0.15) is 17.7 Å². The number of imide groups is 2. The first-order chi connectivity index (χ1) is 28.9. The third kappa shape index (κ3) is 6.92. The first-order valence-corrected chi connectivity index (χ1v) is 21.6. The van der Waals surface area contributed by atoms with E-state index in [9.17, 15) is 28.0 Å². The molecule has 316 valence electrons. The summed E-state index contributed by atoms with van der Waals surface area (Å²) in [6.45, 7) is 6.68. The Kier molecular flexibility index (Phi) is 10.1. The number of hydrogen-bond acceptors (Lipinski definition) is 7. The van der Waals surface area contributed by atoms with Crippen LogP contribution in [0.4, 0.5) is 17.6 Å². The number of carbonyl (C=O) groups is 4. The number of amides is 4. The third-order valence-electron chi connectivity index (χ3n) is 14.6. The molecule has 4 atom stereocenters. The van der Waals surface area contributed by atoms with Gasteiger partial charge in [0.05, 0.1) is 18.5 Å². The molecule has 2 aliphatic carbocycles. The number of nitrogens with zero attached hydrogens (tertiary/aromatic N) is 4. The lowest BCUT2D eigenvalue weighted by Crippen LogP contribution is -2.54. The molecule has 14 heteroatoms. The maximum atomic E-state index is 16.3. The Hall–Kier alpha value is -4.66. The van der Waals surface area contributed by atoms with Crippen LogP contribution < -0.4 is 5.32 Å². The number of rotatable bonds is 9. The number of halogens is 4. The molecule has 3 saturated heterocycles. The Bertz CT molecular complexity index is 2320. The van der Waals surface area contributed by atoms with Crippen LogP contribution in [-0.2, 0) is 25.6 Å². The number of H-pyrrole nitrogens is 1. The molecule has 3 aromatic rings. The summed E-state index contributed by atoms with van der Waals surface area (Å²) in [5.41, 5.74) is 5.53. The summed E-state index contributed by atoms with van der Waals surface area (Å²) in [5.74, 6) is -2.62. The molecule has 1 aromatic heterocycles. The zero-order valence-corrected chi connectivity index (χ0v) is 33.7.